The first-order valence-electron chi connectivity index (χ1n) is 6.14. The van der Waals surface area contributed by atoms with E-state index < -0.39 is 0 Å². The molecule has 0 spiro atoms. The molecule has 2 aromatic heterocycles. The van der Waals surface area contributed by atoms with Crippen molar-refractivity contribution >= 4 is 10.9 Å². The van der Waals surface area contributed by atoms with Crippen molar-refractivity contribution in [1.82, 2.24) is 10.1 Å². The smallest absolute Gasteiger partial charge is 0.174 e. The molecule has 0 saturated heterocycles. The minimum Gasteiger partial charge on any atom is -0.483 e. The number of hydrogen-bond donors (Lipinski definition) is 0. The van der Waals surface area contributed by atoms with Gasteiger partial charge in [-0.05, 0) is 26.0 Å². The van der Waals surface area contributed by atoms with E-state index in [1.165, 1.54) is 0 Å². The van der Waals surface area contributed by atoms with Gasteiger partial charge in [0, 0.05) is 17.1 Å². The summed E-state index contributed by atoms with van der Waals surface area (Å²) in [5.41, 5.74) is 2.70. The van der Waals surface area contributed by atoms with Crippen molar-refractivity contribution in [2.75, 3.05) is 0 Å². The van der Waals surface area contributed by atoms with Crippen LogP contribution >= 0.6 is 0 Å². The van der Waals surface area contributed by atoms with Gasteiger partial charge in [0.05, 0.1) is 5.69 Å². The Morgan fingerprint density at radius 2 is 2.00 bits per heavy atom. The molecule has 0 saturated carbocycles. The summed E-state index contributed by atoms with van der Waals surface area (Å²) in [6.45, 7) is 4.21. The van der Waals surface area contributed by atoms with Crippen LogP contribution in [0.25, 0.3) is 10.9 Å². The van der Waals surface area contributed by atoms with Crippen LogP contribution in [0.2, 0.25) is 0 Å². The van der Waals surface area contributed by atoms with E-state index >= 15 is 0 Å². The molecule has 0 fully saturated rings. The van der Waals surface area contributed by atoms with Crippen LogP contribution in [0.3, 0.4) is 0 Å². The highest BCUT2D eigenvalue weighted by Gasteiger charge is 2.06. The average Bonchev–Trinajstić information content (AvgIpc) is 2.82. The van der Waals surface area contributed by atoms with Gasteiger partial charge < -0.3 is 9.26 Å². The summed E-state index contributed by atoms with van der Waals surface area (Å²) in [6.07, 6.45) is 0. The van der Waals surface area contributed by atoms with Crippen molar-refractivity contribution in [1.29, 1.82) is 0 Å². The van der Waals surface area contributed by atoms with E-state index in [0.717, 1.165) is 28.0 Å². The fourth-order valence-electron chi connectivity index (χ4n) is 1.97. The van der Waals surface area contributed by atoms with E-state index in [0.29, 0.717) is 12.4 Å². The molecule has 0 aliphatic rings. The van der Waals surface area contributed by atoms with E-state index in [1.807, 2.05) is 50.2 Å². The summed E-state index contributed by atoms with van der Waals surface area (Å²) >= 11 is 0. The molecular formula is C15H14N2O2. The molecule has 1 aromatic carbocycles. The molecule has 0 atom stereocenters. The standard InChI is InChI=1S/C15H14N2O2/c1-10-6-7-12-4-3-5-14(15(12)16-10)18-9-13-8-11(2)17-19-13/h3-8H,9H2,1-2H3. The number of ether oxygens (including phenoxy) is 1. The third kappa shape index (κ3) is 2.42. The largest absolute Gasteiger partial charge is 0.483 e. The first kappa shape index (κ1) is 11.7. The van der Waals surface area contributed by atoms with Crippen molar-refractivity contribution in [2.45, 2.75) is 20.5 Å². The predicted molar refractivity (Wildman–Crippen MR) is 72.1 cm³/mol. The summed E-state index contributed by atoms with van der Waals surface area (Å²) in [5.74, 6) is 1.47. The Hall–Kier alpha value is -2.36. The molecule has 3 rings (SSSR count). The zero-order chi connectivity index (χ0) is 13.2. The van der Waals surface area contributed by atoms with Crippen LogP contribution in [0, 0.1) is 13.8 Å². The van der Waals surface area contributed by atoms with Gasteiger partial charge in [-0.25, -0.2) is 4.98 Å². The Kier molecular flexibility index (Phi) is 2.91. The van der Waals surface area contributed by atoms with Crippen LogP contribution in [-0.2, 0) is 6.61 Å². The molecule has 3 aromatic rings. The topological polar surface area (TPSA) is 48.2 Å². The third-order valence-corrected chi connectivity index (χ3v) is 2.87. The van der Waals surface area contributed by atoms with E-state index in [2.05, 4.69) is 10.1 Å². The second kappa shape index (κ2) is 4.72. The first-order valence-corrected chi connectivity index (χ1v) is 6.14. The Balaban J connectivity index is 1.90. The molecular weight excluding hydrogens is 240 g/mol. The second-order valence-corrected chi connectivity index (χ2v) is 4.50. The van der Waals surface area contributed by atoms with Crippen molar-refractivity contribution in [3.05, 3.63) is 53.5 Å². The highest BCUT2D eigenvalue weighted by atomic mass is 16.5. The number of aromatic nitrogens is 2. The summed E-state index contributed by atoms with van der Waals surface area (Å²) in [4.78, 5) is 4.52. The molecule has 0 radical (unpaired) electrons. The van der Waals surface area contributed by atoms with Gasteiger partial charge in [-0.2, -0.15) is 0 Å². The molecule has 96 valence electrons. The Bertz CT molecular complexity index is 719. The van der Waals surface area contributed by atoms with Gasteiger partial charge in [0.1, 0.15) is 17.9 Å². The third-order valence-electron chi connectivity index (χ3n) is 2.87. The molecule has 4 nitrogen and oxygen atoms in total. The number of para-hydroxylation sites is 1. The molecule has 0 bridgehead atoms. The molecule has 19 heavy (non-hydrogen) atoms. The maximum Gasteiger partial charge on any atom is 0.174 e. The van der Waals surface area contributed by atoms with Gasteiger partial charge in [0.2, 0.25) is 0 Å². The van der Waals surface area contributed by atoms with Crippen molar-refractivity contribution in [3.63, 3.8) is 0 Å². The number of benzene rings is 1. The van der Waals surface area contributed by atoms with Crippen LogP contribution in [-0.4, -0.2) is 10.1 Å². The first-order chi connectivity index (χ1) is 9.22. The van der Waals surface area contributed by atoms with Crippen molar-refractivity contribution in [3.8, 4) is 5.75 Å². The van der Waals surface area contributed by atoms with Crippen LogP contribution in [0.4, 0.5) is 0 Å². The van der Waals surface area contributed by atoms with Crippen LogP contribution in [0.15, 0.2) is 40.9 Å². The number of fused-ring (bicyclic) bond motifs is 1. The van der Waals surface area contributed by atoms with E-state index in [4.69, 9.17) is 9.26 Å². The highest BCUT2D eigenvalue weighted by molar-refractivity contribution is 5.84. The summed E-state index contributed by atoms with van der Waals surface area (Å²) < 4.78 is 10.9. The lowest BCUT2D eigenvalue weighted by Gasteiger charge is -2.07. The maximum absolute atomic E-state index is 5.78. The number of aryl methyl sites for hydroxylation is 2. The fourth-order valence-corrected chi connectivity index (χ4v) is 1.97. The Labute approximate surface area is 111 Å². The fraction of sp³-hybridized carbons (Fsp3) is 0.200. The molecule has 2 heterocycles. The van der Waals surface area contributed by atoms with Crippen molar-refractivity contribution < 1.29 is 9.26 Å². The van der Waals surface area contributed by atoms with Gasteiger partial charge in [0.15, 0.2) is 5.76 Å². The minimum absolute atomic E-state index is 0.357. The summed E-state index contributed by atoms with van der Waals surface area (Å²) in [7, 11) is 0. The summed E-state index contributed by atoms with van der Waals surface area (Å²) in [6, 6.07) is 11.8. The Morgan fingerprint density at radius 3 is 2.79 bits per heavy atom. The molecule has 0 amide bonds. The quantitative estimate of drug-likeness (QED) is 0.718. The summed E-state index contributed by atoms with van der Waals surface area (Å²) in [5, 5.41) is 4.90. The van der Waals surface area contributed by atoms with Gasteiger partial charge >= 0.3 is 0 Å². The van der Waals surface area contributed by atoms with Gasteiger partial charge in [-0.1, -0.05) is 23.4 Å². The Morgan fingerprint density at radius 1 is 1.11 bits per heavy atom. The van der Waals surface area contributed by atoms with Gasteiger partial charge in [-0.3, -0.25) is 0 Å². The monoisotopic (exact) mass is 254 g/mol. The van der Waals surface area contributed by atoms with Crippen molar-refractivity contribution in [2.24, 2.45) is 0 Å². The number of rotatable bonds is 3. The second-order valence-electron chi connectivity index (χ2n) is 4.50. The number of nitrogens with zero attached hydrogens (tertiary/aromatic N) is 2. The van der Waals surface area contributed by atoms with Crippen LogP contribution < -0.4 is 4.74 Å². The molecule has 0 N–H and O–H groups in total. The molecule has 0 aliphatic carbocycles. The van der Waals surface area contributed by atoms with E-state index in [-0.39, 0.29) is 0 Å². The molecule has 0 unspecified atom stereocenters. The van der Waals surface area contributed by atoms with E-state index in [1.54, 1.807) is 0 Å². The predicted octanol–water partition coefficient (Wildman–Crippen LogP) is 3.42. The number of hydrogen-bond acceptors (Lipinski definition) is 4. The zero-order valence-corrected chi connectivity index (χ0v) is 10.9. The minimum atomic E-state index is 0.357. The van der Waals surface area contributed by atoms with Gasteiger partial charge in [-0.15, -0.1) is 0 Å². The maximum atomic E-state index is 5.78. The number of pyridine rings is 1. The lowest BCUT2D eigenvalue weighted by atomic mass is 10.2. The normalized spacial score (nSPS) is 10.8. The van der Waals surface area contributed by atoms with Crippen LogP contribution in [0.5, 0.6) is 5.75 Å². The lowest BCUT2D eigenvalue weighted by Crippen LogP contribution is -1.96. The zero-order valence-electron chi connectivity index (χ0n) is 10.9. The van der Waals surface area contributed by atoms with Crippen LogP contribution in [0.1, 0.15) is 17.1 Å². The highest BCUT2D eigenvalue weighted by Crippen LogP contribution is 2.24. The SMILES string of the molecule is Cc1cc(COc2cccc3ccc(C)nc23)on1. The average molecular weight is 254 g/mol. The lowest BCUT2D eigenvalue weighted by molar-refractivity contribution is 0.251. The van der Waals surface area contributed by atoms with E-state index in [9.17, 15) is 0 Å². The van der Waals surface area contributed by atoms with Gasteiger partial charge in [0.25, 0.3) is 0 Å². The molecule has 0 aliphatic heterocycles. The molecule has 4 heteroatoms.